The zero-order valence-electron chi connectivity index (χ0n) is 14.8. The fourth-order valence-electron chi connectivity index (χ4n) is 2.48. The first-order valence-corrected chi connectivity index (χ1v) is 9.38. The molecule has 2 heterocycles. The normalized spacial score (nSPS) is 10.8. The van der Waals surface area contributed by atoms with Crippen LogP contribution in [0.3, 0.4) is 0 Å². The van der Waals surface area contributed by atoms with Crippen molar-refractivity contribution in [1.82, 2.24) is 14.8 Å². The Morgan fingerprint density at radius 1 is 1.25 bits per heavy atom. The highest BCUT2D eigenvalue weighted by molar-refractivity contribution is 7.99. The molecule has 0 fully saturated rings. The summed E-state index contributed by atoms with van der Waals surface area (Å²) in [5.74, 6) is -0.391. The lowest BCUT2D eigenvalue weighted by Crippen LogP contribution is -2.35. The van der Waals surface area contributed by atoms with Gasteiger partial charge < -0.3 is 19.6 Å². The van der Waals surface area contributed by atoms with Gasteiger partial charge in [-0.2, -0.15) is 0 Å². The Hall–Kier alpha value is -3.14. The molecule has 2 aromatic heterocycles. The summed E-state index contributed by atoms with van der Waals surface area (Å²) in [6.07, 6.45) is 3.14. The first-order valence-electron chi connectivity index (χ1n) is 8.40. The van der Waals surface area contributed by atoms with E-state index < -0.39 is 11.7 Å². The van der Waals surface area contributed by atoms with E-state index in [1.807, 2.05) is 6.07 Å². The highest BCUT2D eigenvalue weighted by atomic mass is 32.2. The van der Waals surface area contributed by atoms with Gasteiger partial charge in [-0.05, 0) is 36.4 Å². The predicted octanol–water partition coefficient (Wildman–Crippen LogP) is 2.06. The topological polar surface area (TPSA) is 107 Å². The van der Waals surface area contributed by atoms with E-state index in [2.05, 4.69) is 10.2 Å². The number of nitrogens with two attached hydrogens (primary N) is 1. The van der Waals surface area contributed by atoms with Gasteiger partial charge in [0.05, 0.1) is 18.6 Å². The number of carbonyl (C=O) groups excluding carboxylic acids is 2. The Morgan fingerprint density at radius 3 is 2.71 bits per heavy atom. The maximum Gasteiger partial charge on any atom is 0.237 e. The van der Waals surface area contributed by atoms with Gasteiger partial charge >= 0.3 is 0 Å². The van der Waals surface area contributed by atoms with E-state index in [4.69, 9.17) is 10.2 Å². The molecule has 0 radical (unpaired) electrons. The summed E-state index contributed by atoms with van der Waals surface area (Å²) in [4.78, 5) is 25.3. The Morgan fingerprint density at radius 2 is 2.04 bits per heavy atom. The number of anilines is 1. The van der Waals surface area contributed by atoms with Gasteiger partial charge in [-0.25, -0.2) is 4.39 Å². The summed E-state index contributed by atoms with van der Waals surface area (Å²) >= 11 is 1.21. The molecule has 0 bridgehead atoms. The average molecular weight is 403 g/mol. The number of hydrogen-bond donors (Lipinski definition) is 1. The van der Waals surface area contributed by atoms with Crippen molar-refractivity contribution in [3.05, 3.63) is 60.6 Å². The minimum Gasteiger partial charge on any atom is -0.467 e. The SMILES string of the molecule is NC(=O)CCN(C(=O)CSc1nncn1Cc1ccco1)c1ccc(F)cc1. The second kappa shape index (κ2) is 9.18. The molecule has 2 amide bonds. The smallest absolute Gasteiger partial charge is 0.237 e. The molecule has 0 saturated carbocycles. The van der Waals surface area contributed by atoms with Gasteiger partial charge in [-0.3, -0.25) is 9.59 Å². The van der Waals surface area contributed by atoms with Crippen molar-refractivity contribution < 1.29 is 18.4 Å². The lowest BCUT2D eigenvalue weighted by Gasteiger charge is -2.22. The molecule has 0 aliphatic carbocycles. The second-order valence-corrected chi connectivity index (χ2v) is 6.79. The summed E-state index contributed by atoms with van der Waals surface area (Å²) in [6.45, 7) is 0.555. The Balaban J connectivity index is 1.67. The van der Waals surface area contributed by atoms with Crippen molar-refractivity contribution in [1.29, 1.82) is 0 Å². The van der Waals surface area contributed by atoms with E-state index in [1.54, 1.807) is 23.2 Å². The zero-order valence-corrected chi connectivity index (χ0v) is 15.6. The Labute approximate surface area is 164 Å². The van der Waals surface area contributed by atoms with Crippen LogP contribution in [0.1, 0.15) is 12.2 Å². The van der Waals surface area contributed by atoms with Crippen LogP contribution in [0.5, 0.6) is 0 Å². The number of aromatic nitrogens is 3. The zero-order chi connectivity index (χ0) is 19.9. The van der Waals surface area contributed by atoms with Crippen molar-refractivity contribution >= 4 is 29.3 Å². The number of halogens is 1. The monoisotopic (exact) mass is 403 g/mol. The lowest BCUT2D eigenvalue weighted by atomic mass is 10.2. The summed E-state index contributed by atoms with van der Waals surface area (Å²) in [5, 5.41) is 8.46. The molecule has 0 unspecified atom stereocenters. The molecule has 28 heavy (non-hydrogen) atoms. The Kier molecular flexibility index (Phi) is 6.43. The van der Waals surface area contributed by atoms with Crippen LogP contribution in [0.25, 0.3) is 0 Å². The number of nitrogens with zero attached hydrogens (tertiary/aromatic N) is 4. The Bertz CT molecular complexity index is 927. The predicted molar refractivity (Wildman–Crippen MR) is 101 cm³/mol. The number of rotatable bonds is 9. The maximum atomic E-state index is 13.2. The maximum absolute atomic E-state index is 13.2. The van der Waals surface area contributed by atoms with Crippen molar-refractivity contribution in [2.45, 2.75) is 18.1 Å². The van der Waals surface area contributed by atoms with E-state index in [0.29, 0.717) is 17.4 Å². The van der Waals surface area contributed by atoms with E-state index >= 15 is 0 Å². The largest absolute Gasteiger partial charge is 0.467 e. The number of amides is 2. The standard InChI is InChI=1S/C18H18FN5O3S/c19-13-3-5-14(6-4-13)24(8-7-16(20)25)17(26)11-28-18-22-21-12-23(18)10-15-2-1-9-27-15/h1-6,9,12H,7-8,10-11H2,(H2,20,25). The van der Waals surface area contributed by atoms with E-state index in [-0.39, 0.29) is 24.6 Å². The van der Waals surface area contributed by atoms with Crippen molar-refractivity contribution in [2.24, 2.45) is 5.73 Å². The average Bonchev–Trinajstić information content (AvgIpc) is 3.34. The van der Waals surface area contributed by atoms with E-state index in [1.165, 1.54) is 40.9 Å². The minimum atomic E-state index is -0.522. The molecular weight excluding hydrogens is 385 g/mol. The van der Waals surface area contributed by atoms with Gasteiger partial charge in [-0.15, -0.1) is 10.2 Å². The fourth-order valence-corrected chi connectivity index (χ4v) is 3.27. The summed E-state index contributed by atoms with van der Waals surface area (Å²) in [6, 6.07) is 9.10. The molecule has 0 aliphatic rings. The van der Waals surface area contributed by atoms with Gasteiger partial charge in [0.25, 0.3) is 0 Å². The van der Waals surface area contributed by atoms with Crippen LogP contribution in [0.2, 0.25) is 0 Å². The quantitative estimate of drug-likeness (QED) is 0.548. The van der Waals surface area contributed by atoms with Crippen molar-refractivity contribution in [2.75, 3.05) is 17.2 Å². The second-order valence-electron chi connectivity index (χ2n) is 5.85. The summed E-state index contributed by atoms with van der Waals surface area (Å²) in [5.41, 5.74) is 5.70. The molecule has 0 spiro atoms. The van der Waals surface area contributed by atoms with Gasteiger partial charge in [0.2, 0.25) is 11.8 Å². The van der Waals surface area contributed by atoms with Crippen molar-refractivity contribution in [3.63, 3.8) is 0 Å². The van der Waals surface area contributed by atoms with Gasteiger partial charge in [0, 0.05) is 18.7 Å². The van der Waals surface area contributed by atoms with Gasteiger partial charge in [0.1, 0.15) is 17.9 Å². The van der Waals surface area contributed by atoms with Crippen LogP contribution in [0, 0.1) is 5.82 Å². The highest BCUT2D eigenvalue weighted by Gasteiger charge is 2.18. The van der Waals surface area contributed by atoms with Gasteiger partial charge in [0.15, 0.2) is 5.16 Å². The molecule has 0 aliphatic heterocycles. The number of benzene rings is 1. The third-order valence-electron chi connectivity index (χ3n) is 3.83. The molecule has 3 rings (SSSR count). The van der Waals surface area contributed by atoms with Crippen LogP contribution >= 0.6 is 11.8 Å². The molecule has 0 atom stereocenters. The third kappa shape index (κ3) is 5.19. The van der Waals surface area contributed by atoms with Crippen LogP contribution < -0.4 is 10.6 Å². The number of hydrogen-bond acceptors (Lipinski definition) is 6. The third-order valence-corrected chi connectivity index (χ3v) is 4.80. The molecule has 8 nitrogen and oxygen atoms in total. The minimum absolute atomic E-state index is 0.00244. The van der Waals surface area contributed by atoms with Crippen LogP contribution in [-0.4, -0.2) is 38.9 Å². The molecule has 2 N–H and O–H groups in total. The van der Waals surface area contributed by atoms with E-state index in [0.717, 1.165) is 5.76 Å². The van der Waals surface area contributed by atoms with Crippen LogP contribution in [-0.2, 0) is 16.1 Å². The summed E-state index contributed by atoms with van der Waals surface area (Å²) < 4.78 is 20.3. The number of furan rings is 1. The van der Waals surface area contributed by atoms with Gasteiger partial charge in [-0.1, -0.05) is 11.8 Å². The number of thioether (sulfide) groups is 1. The molecule has 1 aromatic carbocycles. The van der Waals surface area contributed by atoms with Crippen LogP contribution in [0.15, 0.2) is 58.6 Å². The van der Waals surface area contributed by atoms with Crippen LogP contribution in [0.4, 0.5) is 10.1 Å². The summed E-state index contributed by atoms with van der Waals surface area (Å²) in [7, 11) is 0. The highest BCUT2D eigenvalue weighted by Crippen LogP contribution is 2.21. The van der Waals surface area contributed by atoms with E-state index in [9.17, 15) is 14.0 Å². The number of carbonyl (C=O) groups is 2. The fraction of sp³-hybridized carbons (Fsp3) is 0.222. The molecule has 10 heteroatoms. The first-order chi connectivity index (χ1) is 13.5. The molecular formula is C18H18FN5O3S. The lowest BCUT2D eigenvalue weighted by molar-refractivity contribution is -0.118. The first kappa shape index (κ1) is 19.6. The molecule has 3 aromatic rings. The number of primary amides is 1. The van der Waals surface area contributed by atoms with Crippen molar-refractivity contribution in [3.8, 4) is 0 Å². The molecule has 146 valence electrons. The molecule has 0 saturated heterocycles.